The van der Waals surface area contributed by atoms with Crippen LogP contribution in [0, 0.1) is 0 Å². The average molecular weight is 371 g/mol. The van der Waals surface area contributed by atoms with Gasteiger partial charge in [-0.2, -0.15) is 0 Å². The molecule has 7 nitrogen and oxygen atoms in total. The number of halogens is 3. The Morgan fingerprint density at radius 3 is 2.46 bits per heavy atom. The van der Waals surface area contributed by atoms with Crippen molar-refractivity contribution in [3.63, 3.8) is 0 Å². The van der Waals surface area contributed by atoms with Gasteiger partial charge >= 0.3 is 12.3 Å². The molecule has 0 unspecified atom stereocenters. The van der Waals surface area contributed by atoms with E-state index in [2.05, 4.69) is 15.0 Å². The molecule has 0 fully saturated rings. The second kappa shape index (κ2) is 7.89. The van der Waals surface area contributed by atoms with E-state index in [9.17, 15) is 22.8 Å². The predicted octanol–water partition coefficient (Wildman–Crippen LogP) is 2.68. The quantitative estimate of drug-likeness (QED) is 0.790. The lowest BCUT2D eigenvalue weighted by Gasteiger charge is -2.09. The van der Waals surface area contributed by atoms with Gasteiger partial charge in [-0.05, 0) is 24.6 Å². The number of alkyl halides is 3. The lowest BCUT2D eigenvalue weighted by atomic mass is 10.1. The van der Waals surface area contributed by atoms with Crippen molar-refractivity contribution >= 4 is 17.8 Å². The summed E-state index contributed by atoms with van der Waals surface area (Å²) in [6, 6.07) is 4.94. The average Bonchev–Trinajstić information content (AvgIpc) is 2.89. The summed E-state index contributed by atoms with van der Waals surface area (Å²) >= 11 is 0. The van der Waals surface area contributed by atoms with Crippen LogP contribution < -0.4 is 10.1 Å². The zero-order chi connectivity index (χ0) is 19.3. The number of nitrogens with zero attached hydrogens (tertiary/aromatic N) is 2. The van der Waals surface area contributed by atoms with Gasteiger partial charge in [0.05, 0.1) is 19.2 Å². The number of nitrogens with one attached hydrogen (secondary N) is 1. The minimum atomic E-state index is -4.77. The number of rotatable bonds is 6. The van der Waals surface area contributed by atoms with E-state index in [1.165, 1.54) is 29.9 Å². The van der Waals surface area contributed by atoms with E-state index in [4.69, 9.17) is 4.74 Å². The molecule has 0 aliphatic carbocycles. The summed E-state index contributed by atoms with van der Waals surface area (Å²) in [6.45, 7) is 1.88. The fraction of sp³-hybridized carbons (Fsp3) is 0.312. The van der Waals surface area contributed by atoms with Crippen molar-refractivity contribution in [1.82, 2.24) is 9.55 Å². The molecule has 0 saturated carbocycles. The normalized spacial score (nSPS) is 11.1. The molecule has 0 saturated heterocycles. The van der Waals surface area contributed by atoms with Gasteiger partial charge in [0.15, 0.2) is 0 Å². The number of benzene rings is 1. The van der Waals surface area contributed by atoms with Crippen LogP contribution in [-0.2, 0) is 23.0 Å². The summed E-state index contributed by atoms with van der Waals surface area (Å²) in [6.07, 6.45) is -3.58. The smallest absolute Gasteiger partial charge is 0.461 e. The van der Waals surface area contributed by atoms with Gasteiger partial charge in [-0.15, -0.1) is 13.2 Å². The third-order valence-electron chi connectivity index (χ3n) is 3.25. The SMILES string of the molecule is CCOC(=O)c1cnc(NC(=O)Cc2ccc(OC(F)(F)F)cc2)n1C. The largest absolute Gasteiger partial charge is 0.573 e. The van der Waals surface area contributed by atoms with Crippen LogP contribution in [-0.4, -0.2) is 34.4 Å². The Bertz CT molecular complexity index is 785. The number of hydrogen-bond acceptors (Lipinski definition) is 5. The number of hydrogen-bond donors (Lipinski definition) is 1. The molecule has 1 amide bonds. The number of carbonyl (C=O) groups is 2. The molecule has 1 aromatic carbocycles. The van der Waals surface area contributed by atoms with E-state index >= 15 is 0 Å². The van der Waals surface area contributed by atoms with Crippen LogP contribution in [0.1, 0.15) is 23.0 Å². The first-order valence-corrected chi connectivity index (χ1v) is 7.53. The van der Waals surface area contributed by atoms with Gasteiger partial charge in [0, 0.05) is 7.05 Å². The monoisotopic (exact) mass is 371 g/mol. The number of anilines is 1. The Labute approximate surface area is 146 Å². The molecule has 0 spiro atoms. The van der Waals surface area contributed by atoms with Crippen LogP contribution in [0.25, 0.3) is 0 Å². The number of amides is 1. The van der Waals surface area contributed by atoms with Gasteiger partial charge in [0.25, 0.3) is 0 Å². The summed E-state index contributed by atoms with van der Waals surface area (Å²) in [5.41, 5.74) is 0.660. The van der Waals surface area contributed by atoms with E-state index in [0.717, 1.165) is 12.1 Å². The topological polar surface area (TPSA) is 82.4 Å². The molecule has 1 heterocycles. The fourth-order valence-electron chi connectivity index (χ4n) is 2.08. The van der Waals surface area contributed by atoms with Crippen molar-refractivity contribution < 1.29 is 32.2 Å². The zero-order valence-corrected chi connectivity index (χ0v) is 14.0. The molecule has 0 aliphatic rings. The third kappa shape index (κ3) is 5.23. The highest BCUT2D eigenvalue weighted by Crippen LogP contribution is 2.23. The Morgan fingerprint density at radius 2 is 1.88 bits per heavy atom. The predicted molar refractivity (Wildman–Crippen MR) is 84.6 cm³/mol. The molecule has 1 aromatic heterocycles. The molecular weight excluding hydrogens is 355 g/mol. The molecule has 0 atom stereocenters. The molecule has 1 N–H and O–H groups in total. The Balaban J connectivity index is 1.98. The number of carbonyl (C=O) groups excluding carboxylic acids is 2. The molecule has 10 heteroatoms. The zero-order valence-electron chi connectivity index (χ0n) is 14.0. The van der Waals surface area contributed by atoms with Crippen LogP contribution >= 0.6 is 0 Å². The van der Waals surface area contributed by atoms with Crippen LogP contribution in [0.15, 0.2) is 30.5 Å². The van der Waals surface area contributed by atoms with Gasteiger partial charge in [-0.25, -0.2) is 9.78 Å². The highest BCUT2D eigenvalue weighted by Gasteiger charge is 2.31. The summed E-state index contributed by atoms with van der Waals surface area (Å²) in [5.74, 6) is -1.23. The van der Waals surface area contributed by atoms with Crippen LogP contribution in [0.3, 0.4) is 0 Å². The maximum absolute atomic E-state index is 12.1. The van der Waals surface area contributed by atoms with Crippen molar-refractivity contribution in [3.05, 3.63) is 41.7 Å². The van der Waals surface area contributed by atoms with E-state index in [1.54, 1.807) is 6.92 Å². The molecular formula is C16H16F3N3O4. The number of imidazole rings is 1. The summed E-state index contributed by atoms with van der Waals surface area (Å²) in [4.78, 5) is 27.7. The summed E-state index contributed by atoms with van der Waals surface area (Å²) in [5, 5.41) is 2.52. The Kier molecular flexibility index (Phi) is 5.86. The van der Waals surface area contributed by atoms with Crippen LogP contribution in [0.5, 0.6) is 5.75 Å². The van der Waals surface area contributed by atoms with Gasteiger partial charge in [-0.3, -0.25) is 10.1 Å². The van der Waals surface area contributed by atoms with E-state index in [1.807, 2.05) is 0 Å². The third-order valence-corrected chi connectivity index (χ3v) is 3.25. The molecule has 0 radical (unpaired) electrons. The van der Waals surface area contributed by atoms with Crippen LogP contribution in [0.4, 0.5) is 19.1 Å². The van der Waals surface area contributed by atoms with Gasteiger partial charge < -0.3 is 14.0 Å². The standard InChI is InChI=1S/C16H16F3N3O4/c1-3-25-14(24)12-9-20-15(22(12)2)21-13(23)8-10-4-6-11(7-5-10)26-16(17,18)19/h4-7,9H,3,8H2,1-2H3,(H,20,21,23). The van der Waals surface area contributed by atoms with Gasteiger partial charge in [0.2, 0.25) is 11.9 Å². The van der Waals surface area contributed by atoms with Crippen molar-refractivity contribution in [3.8, 4) is 5.75 Å². The van der Waals surface area contributed by atoms with Crippen molar-refractivity contribution in [2.24, 2.45) is 7.05 Å². The van der Waals surface area contributed by atoms with E-state index < -0.39 is 18.2 Å². The van der Waals surface area contributed by atoms with Crippen molar-refractivity contribution in [2.45, 2.75) is 19.7 Å². The second-order valence-electron chi connectivity index (χ2n) is 5.16. The summed E-state index contributed by atoms with van der Waals surface area (Å²) in [7, 11) is 1.54. The van der Waals surface area contributed by atoms with Crippen LogP contribution in [0.2, 0.25) is 0 Å². The lowest BCUT2D eigenvalue weighted by molar-refractivity contribution is -0.274. The Morgan fingerprint density at radius 1 is 1.23 bits per heavy atom. The molecule has 26 heavy (non-hydrogen) atoms. The fourth-order valence-corrected chi connectivity index (χ4v) is 2.08. The minimum Gasteiger partial charge on any atom is -0.461 e. The minimum absolute atomic E-state index is 0.0894. The number of ether oxygens (including phenoxy) is 2. The van der Waals surface area contributed by atoms with Gasteiger partial charge in [-0.1, -0.05) is 12.1 Å². The first-order valence-electron chi connectivity index (χ1n) is 7.53. The number of aromatic nitrogens is 2. The highest BCUT2D eigenvalue weighted by molar-refractivity contribution is 5.92. The van der Waals surface area contributed by atoms with E-state index in [0.29, 0.717) is 5.56 Å². The molecule has 0 bridgehead atoms. The lowest BCUT2D eigenvalue weighted by Crippen LogP contribution is -2.19. The second-order valence-corrected chi connectivity index (χ2v) is 5.16. The summed E-state index contributed by atoms with van der Waals surface area (Å²) < 4.78 is 46.3. The molecule has 2 aromatic rings. The highest BCUT2D eigenvalue weighted by atomic mass is 19.4. The number of esters is 1. The molecule has 2 rings (SSSR count). The van der Waals surface area contributed by atoms with Crippen molar-refractivity contribution in [2.75, 3.05) is 11.9 Å². The molecule has 0 aliphatic heterocycles. The maximum Gasteiger partial charge on any atom is 0.573 e. The maximum atomic E-state index is 12.1. The molecule has 140 valence electrons. The van der Waals surface area contributed by atoms with Gasteiger partial charge in [0.1, 0.15) is 11.4 Å². The first-order chi connectivity index (χ1) is 12.2. The van der Waals surface area contributed by atoms with Crippen molar-refractivity contribution in [1.29, 1.82) is 0 Å². The Hall–Kier alpha value is -3.04. The first kappa shape index (κ1) is 19.3. The van der Waals surface area contributed by atoms with E-state index in [-0.39, 0.29) is 30.4 Å².